The largest absolute Gasteiger partial charge is 0.307 e. The highest BCUT2D eigenvalue weighted by atomic mass is 15.3. The van der Waals surface area contributed by atoms with E-state index in [2.05, 4.69) is 54.4 Å². The number of nitrogens with one attached hydrogen (secondary N) is 1. The lowest BCUT2D eigenvalue weighted by molar-refractivity contribution is 0.0102. The minimum Gasteiger partial charge on any atom is -0.307 e. The predicted octanol–water partition coefficient (Wildman–Crippen LogP) is 3.74. The zero-order valence-corrected chi connectivity index (χ0v) is 12.9. The zero-order valence-electron chi connectivity index (χ0n) is 12.9. The van der Waals surface area contributed by atoms with Crippen LogP contribution in [0.2, 0.25) is 0 Å². The van der Waals surface area contributed by atoms with Crippen LogP contribution in [0.3, 0.4) is 0 Å². The first-order valence-corrected chi connectivity index (χ1v) is 8.22. The molecule has 2 heteroatoms. The summed E-state index contributed by atoms with van der Waals surface area (Å²) in [6.45, 7) is 7.04. The van der Waals surface area contributed by atoms with Crippen molar-refractivity contribution in [3.8, 4) is 0 Å². The summed E-state index contributed by atoms with van der Waals surface area (Å²) < 4.78 is 0. The van der Waals surface area contributed by atoms with Crippen molar-refractivity contribution in [3.63, 3.8) is 0 Å². The summed E-state index contributed by atoms with van der Waals surface area (Å²) in [6.07, 6.45) is 7.06. The van der Waals surface area contributed by atoms with Crippen molar-refractivity contribution in [2.24, 2.45) is 0 Å². The Morgan fingerprint density at radius 3 is 2.45 bits per heavy atom. The molecule has 2 fully saturated rings. The van der Waals surface area contributed by atoms with Crippen LogP contribution in [-0.2, 0) is 0 Å². The first kappa shape index (κ1) is 14.1. The molecule has 3 rings (SSSR count). The number of nitrogens with zero attached hydrogens (tertiary/aromatic N) is 1. The van der Waals surface area contributed by atoms with Crippen LogP contribution in [0.5, 0.6) is 0 Å². The maximum absolute atomic E-state index is 3.75. The molecule has 1 aromatic rings. The molecular weight excluding hydrogens is 244 g/mol. The predicted molar refractivity (Wildman–Crippen MR) is 84.8 cm³/mol. The molecule has 0 aromatic heterocycles. The van der Waals surface area contributed by atoms with Crippen LogP contribution in [0.15, 0.2) is 30.3 Å². The van der Waals surface area contributed by atoms with E-state index in [1.807, 2.05) is 0 Å². The molecule has 1 aliphatic heterocycles. The molecule has 0 bridgehead atoms. The highest BCUT2D eigenvalue weighted by molar-refractivity contribution is 5.20. The molecule has 1 unspecified atom stereocenters. The van der Waals surface area contributed by atoms with Crippen LogP contribution >= 0.6 is 0 Å². The second-order valence-corrected chi connectivity index (χ2v) is 7.10. The van der Waals surface area contributed by atoms with Crippen molar-refractivity contribution in [2.45, 2.75) is 63.6 Å². The third-order valence-electron chi connectivity index (χ3n) is 5.16. The minimum absolute atomic E-state index is 0.285. The van der Waals surface area contributed by atoms with Crippen molar-refractivity contribution < 1.29 is 0 Å². The zero-order chi connectivity index (χ0) is 14.0. The van der Waals surface area contributed by atoms with Crippen LogP contribution in [0.25, 0.3) is 0 Å². The van der Waals surface area contributed by atoms with E-state index < -0.39 is 0 Å². The number of hydrogen-bond donors (Lipinski definition) is 1. The lowest BCUT2D eigenvalue weighted by Crippen LogP contribution is -2.62. The summed E-state index contributed by atoms with van der Waals surface area (Å²) in [5.74, 6) is 0. The van der Waals surface area contributed by atoms with Crippen molar-refractivity contribution in [3.05, 3.63) is 35.9 Å². The number of piperazine rings is 1. The smallest absolute Gasteiger partial charge is 0.0450 e. The maximum atomic E-state index is 3.75. The van der Waals surface area contributed by atoms with E-state index in [-0.39, 0.29) is 5.54 Å². The average molecular weight is 272 g/mol. The Morgan fingerprint density at radius 1 is 1.05 bits per heavy atom. The van der Waals surface area contributed by atoms with Crippen LogP contribution < -0.4 is 5.32 Å². The van der Waals surface area contributed by atoms with Gasteiger partial charge in [-0.1, -0.05) is 49.6 Å². The van der Waals surface area contributed by atoms with E-state index in [0.717, 1.165) is 19.1 Å². The molecule has 1 saturated heterocycles. The second-order valence-electron chi connectivity index (χ2n) is 7.10. The number of hydrogen-bond acceptors (Lipinski definition) is 2. The van der Waals surface area contributed by atoms with Gasteiger partial charge < -0.3 is 5.32 Å². The molecule has 20 heavy (non-hydrogen) atoms. The Hall–Kier alpha value is -0.860. The molecule has 1 N–H and O–H groups in total. The van der Waals surface area contributed by atoms with Crippen LogP contribution in [0.1, 0.15) is 57.6 Å². The van der Waals surface area contributed by atoms with Gasteiger partial charge in [0.05, 0.1) is 0 Å². The molecule has 0 amide bonds. The summed E-state index contributed by atoms with van der Waals surface area (Å²) in [4.78, 5) is 2.79. The van der Waals surface area contributed by atoms with Gasteiger partial charge in [0, 0.05) is 30.7 Å². The fraction of sp³-hybridized carbons (Fsp3) is 0.667. The Kier molecular flexibility index (Phi) is 4.13. The van der Waals surface area contributed by atoms with E-state index in [1.165, 1.54) is 37.7 Å². The Morgan fingerprint density at radius 2 is 1.75 bits per heavy atom. The van der Waals surface area contributed by atoms with E-state index >= 15 is 0 Å². The Bertz CT molecular complexity index is 420. The number of benzene rings is 1. The molecule has 0 radical (unpaired) electrons. The summed E-state index contributed by atoms with van der Waals surface area (Å²) in [5, 5.41) is 3.75. The molecule has 1 saturated carbocycles. The van der Waals surface area contributed by atoms with E-state index in [0.29, 0.717) is 6.04 Å². The summed E-state index contributed by atoms with van der Waals surface area (Å²) in [5.41, 5.74) is 1.72. The normalized spacial score (nSPS) is 28.4. The third kappa shape index (κ3) is 2.91. The van der Waals surface area contributed by atoms with Gasteiger partial charge in [-0.05, 0) is 32.3 Å². The molecule has 1 atom stereocenters. The fourth-order valence-electron chi connectivity index (χ4n) is 3.93. The van der Waals surface area contributed by atoms with Gasteiger partial charge in [-0.3, -0.25) is 4.90 Å². The Balaban J connectivity index is 1.76. The van der Waals surface area contributed by atoms with Gasteiger partial charge in [0.1, 0.15) is 0 Å². The molecule has 1 aromatic carbocycles. The van der Waals surface area contributed by atoms with Crippen LogP contribution in [0.4, 0.5) is 0 Å². The van der Waals surface area contributed by atoms with Crippen LogP contribution in [0, 0.1) is 0 Å². The highest BCUT2D eigenvalue weighted by Gasteiger charge is 2.38. The molecule has 2 aliphatic rings. The average Bonchev–Trinajstić information content (AvgIpc) is 2.49. The molecular formula is C18H28N2. The highest BCUT2D eigenvalue weighted by Crippen LogP contribution is 2.33. The van der Waals surface area contributed by atoms with E-state index in [4.69, 9.17) is 0 Å². The lowest BCUT2D eigenvalue weighted by atomic mass is 9.87. The standard InChI is InChI=1S/C18H28N2/c1-18(2)14-19-17(15-9-5-3-6-10-15)13-20(18)16-11-7-4-8-12-16/h3,5-6,9-10,16-17,19H,4,7-8,11-14H2,1-2H3. The fourth-order valence-corrected chi connectivity index (χ4v) is 3.93. The quantitative estimate of drug-likeness (QED) is 0.882. The minimum atomic E-state index is 0.285. The first-order chi connectivity index (χ1) is 9.67. The van der Waals surface area contributed by atoms with Crippen molar-refractivity contribution in [1.82, 2.24) is 10.2 Å². The van der Waals surface area contributed by atoms with Gasteiger partial charge >= 0.3 is 0 Å². The topological polar surface area (TPSA) is 15.3 Å². The molecule has 2 nitrogen and oxygen atoms in total. The van der Waals surface area contributed by atoms with Crippen molar-refractivity contribution in [1.29, 1.82) is 0 Å². The molecule has 1 aliphatic carbocycles. The van der Waals surface area contributed by atoms with E-state index in [1.54, 1.807) is 0 Å². The van der Waals surface area contributed by atoms with Gasteiger partial charge in [0.15, 0.2) is 0 Å². The lowest BCUT2D eigenvalue weighted by Gasteiger charge is -2.51. The molecule has 0 spiro atoms. The van der Waals surface area contributed by atoms with Crippen molar-refractivity contribution >= 4 is 0 Å². The van der Waals surface area contributed by atoms with Gasteiger partial charge in [-0.25, -0.2) is 0 Å². The first-order valence-electron chi connectivity index (χ1n) is 8.22. The van der Waals surface area contributed by atoms with Gasteiger partial charge in [0.25, 0.3) is 0 Å². The molecule has 1 heterocycles. The van der Waals surface area contributed by atoms with Gasteiger partial charge in [0.2, 0.25) is 0 Å². The summed E-state index contributed by atoms with van der Waals surface area (Å²) >= 11 is 0. The SMILES string of the molecule is CC1(C)CNC(c2ccccc2)CN1C1CCCCC1. The third-order valence-corrected chi connectivity index (χ3v) is 5.16. The summed E-state index contributed by atoms with van der Waals surface area (Å²) in [6, 6.07) is 12.2. The second kappa shape index (κ2) is 5.87. The van der Waals surface area contributed by atoms with E-state index in [9.17, 15) is 0 Å². The van der Waals surface area contributed by atoms with Crippen molar-refractivity contribution in [2.75, 3.05) is 13.1 Å². The van der Waals surface area contributed by atoms with Gasteiger partial charge in [-0.2, -0.15) is 0 Å². The Labute approximate surface area is 123 Å². The molecule has 110 valence electrons. The van der Waals surface area contributed by atoms with Gasteiger partial charge in [-0.15, -0.1) is 0 Å². The monoisotopic (exact) mass is 272 g/mol. The summed E-state index contributed by atoms with van der Waals surface area (Å²) in [7, 11) is 0. The maximum Gasteiger partial charge on any atom is 0.0450 e. The number of rotatable bonds is 2. The van der Waals surface area contributed by atoms with Crippen LogP contribution in [-0.4, -0.2) is 29.6 Å².